The van der Waals surface area contributed by atoms with Crippen LogP contribution >= 0.6 is 15.9 Å². The van der Waals surface area contributed by atoms with E-state index in [9.17, 15) is 4.79 Å². The number of hydrogen-bond acceptors (Lipinski definition) is 1. The van der Waals surface area contributed by atoms with Gasteiger partial charge < -0.3 is 4.90 Å². The molecule has 0 saturated heterocycles. The van der Waals surface area contributed by atoms with Crippen LogP contribution in [-0.4, -0.2) is 11.9 Å². The summed E-state index contributed by atoms with van der Waals surface area (Å²) in [6.07, 6.45) is 1.40. The van der Waals surface area contributed by atoms with E-state index in [1.165, 1.54) is 5.56 Å². The Morgan fingerprint density at radius 2 is 1.90 bits per heavy atom. The molecule has 0 spiro atoms. The Morgan fingerprint density at radius 3 is 2.65 bits per heavy atom. The Kier molecular flexibility index (Phi) is 3.62. The second-order valence-electron chi connectivity index (χ2n) is 5.25. The summed E-state index contributed by atoms with van der Waals surface area (Å²) < 4.78 is 1.04. The smallest absolute Gasteiger partial charge is 0.231 e. The number of hydrogen-bond donors (Lipinski definition) is 0. The van der Waals surface area contributed by atoms with Gasteiger partial charge in [0, 0.05) is 16.2 Å². The molecule has 1 aliphatic heterocycles. The zero-order valence-corrected chi connectivity index (χ0v) is 12.9. The van der Waals surface area contributed by atoms with E-state index in [1.54, 1.807) is 0 Å². The predicted molar refractivity (Wildman–Crippen MR) is 84.9 cm³/mol. The number of nitrogens with zero attached hydrogens (tertiary/aromatic N) is 1. The van der Waals surface area contributed by atoms with Gasteiger partial charge in [-0.05, 0) is 42.7 Å². The Hall–Kier alpha value is -1.61. The van der Waals surface area contributed by atoms with Crippen LogP contribution in [0.4, 0.5) is 5.69 Å². The minimum atomic E-state index is 0.171. The maximum Gasteiger partial charge on any atom is 0.231 e. The summed E-state index contributed by atoms with van der Waals surface area (Å²) in [5.41, 5.74) is 3.39. The van der Waals surface area contributed by atoms with Crippen molar-refractivity contribution in [2.45, 2.75) is 25.8 Å². The van der Waals surface area contributed by atoms with Crippen molar-refractivity contribution in [3.63, 3.8) is 0 Å². The molecule has 1 amide bonds. The molecular formula is C17H16BrNO. The highest BCUT2D eigenvalue weighted by Crippen LogP contribution is 2.32. The van der Waals surface area contributed by atoms with Crippen LogP contribution in [0.1, 0.15) is 18.1 Å². The van der Waals surface area contributed by atoms with Crippen molar-refractivity contribution < 1.29 is 4.79 Å². The fourth-order valence-electron chi connectivity index (χ4n) is 2.81. The van der Waals surface area contributed by atoms with Gasteiger partial charge in [0.05, 0.1) is 6.42 Å². The number of fused-ring (bicyclic) bond motifs is 1. The van der Waals surface area contributed by atoms with Crippen molar-refractivity contribution in [1.82, 2.24) is 0 Å². The van der Waals surface area contributed by atoms with Gasteiger partial charge in [-0.3, -0.25) is 4.79 Å². The van der Waals surface area contributed by atoms with Crippen molar-refractivity contribution >= 4 is 27.5 Å². The summed E-state index contributed by atoms with van der Waals surface area (Å²) in [5, 5.41) is 0. The number of rotatable bonds is 2. The monoisotopic (exact) mass is 329 g/mol. The molecule has 2 aromatic carbocycles. The van der Waals surface area contributed by atoms with Crippen LogP contribution in [0.3, 0.4) is 0 Å². The lowest BCUT2D eigenvalue weighted by Gasteiger charge is -2.22. The average Bonchev–Trinajstić information content (AvgIpc) is 2.77. The summed E-state index contributed by atoms with van der Waals surface area (Å²) in [6, 6.07) is 16.4. The highest BCUT2D eigenvalue weighted by atomic mass is 79.9. The van der Waals surface area contributed by atoms with E-state index >= 15 is 0 Å². The molecule has 0 radical (unpaired) electrons. The van der Waals surface area contributed by atoms with Crippen LogP contribution < -0.4 is 4.90 Å². The summed E-state index contributed by atoms with van der Waals surface area (Å²) >= 11 is 3.41. The minimum absolute atomic E-state index is 0.171. The molecule has 1 unspecified atom stereocenters. The van der Waals surface area contributed by atoms with Crippen LogP contribution in [0, 0.1) is 0 Å². The third kappa shape index (κ3) is 2.50. The molecule has 1 heterocycles. The fraction of sp³-hybridized carbons (Fsp3) is 0.235. The molecule has 0 aliphatic carbocycles. The molecule has 1 aliphatic rings. The number of carbonyl (C=O) groups is 1. The molecule has 2 aromatic rings. The Bertz CT molecular complexity index is 636. The lowest BCUT2D eigenvalue weighted by molar-refractivity contribution is -0.118. The molecule has 0 bridgehead atoms. The summed E-state index contributed by atoms with van der Waals surface area (Å²) in [5.74, 6) is 0.171. The molecule has 1 atom stereocenters. The van der Waals surface area contributed by atoms with Gasteiger partial charge in [-0.1, -0.05) is 46.3 Å². The second kappa shape index (κ2) is 5.41. The van der Waals surface area contributed by atoms with E-state index in [-0.39, 0.29) is 11.9 Å². The number of amides is 1. The maximum atomic E-state index is 12.6. The minimum Gasteiger partial charge on any atom is -0.309 e. The van der Waals surface area contributed by atoms with E-state index in [1.807, 2.05) is 47.4 Å². The molecule has 3 heteroatoms. The normalized spacial score (nSPS) is 17.1. The Morgan fingerprint density at radius 1 is 1.20 bits per heavy atom. The quantitative estimate of drug-likeness (QED) is 0.816. The van der Waals surface area contributed by atoms with Crippen LogP contribution in [-0.2, 0) is 17.6 Å². The van der Waals surface area contributed by atoms with E-state index in [2.05, 4.69) is 28.9 Å². The SMILES string of the molecule is CC1Cc2ccccc2N1C(=O)Cc1ccc(Br)cc1. The van der Waals surface area contributed by atoms with E-state index in [4.69, 9.17) is 0 Å². The summed E-state index contributed by atoms with van der Waals surface area (Å²) in [7, 11) is 0. The second-order valence-corrected chi connectivity index (χ2v) is 6.16. The first-order chi connectivity index (χ1) is 9.65. The lowest BCUT2D eigenvalue weighted by atomic mass is 10.1. The van der Waals surface area contributed by atoms with Gasteiger partial charge in [-0.25, -0.2) is 0 Å². The highest BCUT2D eigenvalue weighted by molar-refractivity contribution is 9.10. The number of carbonyl (C=O) groups excluding carboxylic acids is 1. The van der Waals surface area contributed by atoms with Gasteiger partial charge in [0.25, 0.3) is 0 Å². The maximum absolute atomic E-state index is 12.6. The Balaban J connectivity index is 1.82. The number of anilines is 1. The zero-order valence-electron chi connectivity index (χ0n) is 11.3. The Labute approximate surface area is 127 Å². The van der Waals surface area contributed by atoms with Gasteiger partial charge >= 0.3 is 0 Å². The van der Waals surface area contributed by atoms with Crippen LogP contribution in [0.25, 0.3) is 0 Å². The average molecular weight is 330 g/mol. The zero-order chi connectivity index (χ0) is 14.1. The topological polar surface area (TPSA) is 20.3 Å². The third-order valence-electron chi connectivity index (χ3n) is 3.74. The molecule has 20 heavy (non-hydrogen) atoms. The number of halogens is 1. The van der Waals surface area contributed by atoms with Crippen molar-refractivity contribution in [2.75, 3.05) is 4.90 Å². The van der Waals surface area contributed by atoms with E-state index in [0.717, 1.165) is 22.1 Å². The molecule has 3 rings (SSSR count). The van der Waals surface area contributed by atoms with Gasteiger partial charge in [-0.2, -0.15) is 0 Å². The lowest BCUT2D eigenvalue weighted by Crippen LogP contribution is -2.36. The van der Waals surface area contributed by atoms with Crippen LogP contribution in [0.5, 0.6) is 0 Å². The largest absolute Gasteiger partial charge is 0.309 e. The molecule has 102 valence electrons. The number of para-hydroxylation sites is 1. The van der Waals surface area contributed by atoms with Gasteiger partial charge in [0.15, 0.2) is 0 Å². The first kappa shape index (κ1) is 13.4. The summed E-state index contributed by atoms with van der Waals surface area (Å²) in [6.45, 7) is 2.11. The van der Waals surface area contributed by atoms with E-state index in [0.29, 0.717) is 6.42 Å². The van der Waals surface area contributed by atoms with Gasteiger partial charge in [0.1, 0.15) is 0 Å². The summed E-state index contributed by atoms with van der Waals surface area (Å²) in [4.78, 5) is 14.5. The van der Waals surface area contributed by atoms with Gasteiger partial charge in [0.2, 0.25) is 5.91 Å². The van der Waals surface area contributed by atoms with Crippen LogP contribution in [0.2, 0.25) is 0 Å². The molecule has 0 fully saturated rings. The van der Waals surface area contributed by atoms with Crippen molar-refractivity contribution in [1.29, 1.82) is 0 Å². The third-order valence-corrected chi connectivity index (χ3v) is 4.27. The number of benzene rings is 2. The standard InChI is InChI=1S/C17H16BrNO/c1-12-10-14-4-2-3-5-16(14)19(12)17(20)11-13-6-8-15(18)9-7-13/h2-9,12H,10-11H2,1H3. The van der Waals surface area contributed by atoms with Crippen molar-refractivity contribution in [2.24, 2.45) is 0 Å². The van der Waals surface area contributed by atoms with E-state index < -0.39 is 0 Å². The first-order valence-electron chi connectivity index (χ1n) is 6.79. The molecule has 2 nitrogen and oxygen atoms in total. The highest BCUT2D eigenvalue weighted by Gasteiger charge is 2.30. The predicted octanol–water partition coefficient (Wildman–Crippen LogP) is 3.97. The molecule has 0 saturated carbocycles. The molecule has 0 N–H and O–H groups in total. The van der Waals surface area contributed by atoms with Crippen molar-refractivity contribution in [3.05, 3.63) is 64.1 Å². The fourth-order valence-corrected chi connectivity index (χ4v) is 3.07. The van der Waals surface area contributed by atoms with Crippen molar-refractivity contribution in [3.8, 4) is 0 Å². The van der Waals surface area contributed by atoms with Crippen LogP contribution in [0.15, 0.2) is 53.0 Å². The molecule has 0 aromatic heterocycles. The van der Waals surface area contributed by atoms with Gasteiger partial charge in [-0.15, -0.1) is 0 Å². The molecular weight excluding hydrogens is 314 g/mol. The first-order valence-corrected chi connectivity index (χ1v) is 7.59.